The highest BCUT2D eigenvalue weighted by atomic mass is 19.1. The normalized spacial score (nSPS) is 11.0. The van der Waals surface area contributed by atoms with Crippen LogP contribution in [0.15, 0.2) is 42.6 Å². The molecular formula is C24H29FN4O2. The van der Waals surface area contributed by atoms with Crippen molar-refractivity contribution in [3.05, 3.63) is 70.9 Å². The number of aryl methyl sites for hydroxylation is 1. The Morgan fingerprint density at radius 1 is 1.19 bits per heavy atom. The molecular weight excluding hydrogens is 395 g/mol. The Kier molecular flexibility index (Phi) is 7.39. The number of amides is 1. The zero-order valence-corrected chi connectivity index (χ0v) is 18.5. The molecule has 164 valence electrons. The smallest absolute Gasteiger partial charge is 0.220 e. The van der Waals surface area contributed by atoms with Crippen LogP contribution >= 0.6 is 0 Å². The first kappa shape index (κ1) is 22.5. The minimum atomic E-state index is -0.325. The molecule has 3 rings (SSSR count). The zero-order chi connectivity index (χ0) is 22.4. The van der Waals surface area contributed by atoms with Gasteiger partial charge in [0.05, 0.1) is 5.69 Å². The molecule has 1 aromatic carbocycles. The quantitative estimate of drug-likeness (QED) is 0.539. The van der Waals surface area contributed by atoms with Gasteiger partial charge in [-0.05, 0) is 67.6 Å². The number of benzene rings is 1. The van der Waals surface area contributed by atoms with Gasteiger partial charge in [-0.2, -0.15) is 5.10 Å². The van der Waals surface area contributed by atoms with Crippen molar-refractivity contribution in [2.75, 3.05) is 0 Å². The van der Waals surface area contributed by atoms with E-state index in [1.807, 2.05) is 17.7 Å². The lowest BCUT2D eigenvalue weighted by atomic mass is 10.1. The monoisotopic (exact) mass is 424 g/mol. The number of pyridine rings is 1. The highest BCUT2D eigenvalue weighted by molar-refractivity contribution is 5.76. The molecule has 1 N–H and O–H groups in total. The highest BCUT2D eigenvalue weighted by Crippen LogP contribution is 2.20. The summed E-state index contributed by atoms with van der Waals surface area (Å²) >= 11 is 0. The molecule has 31 heavy (non-hydrogen) atoms. The first-order valence-electron chi connectivity index (χ1n) is 10.5. The van der Waals surface area contributed by atoms with E-state index in [0.717, 1.165) is 29.1 Å². The van der Waals surface area contributed by atoms with Gasteiger partial charge in [0.1, 0.15) is 11.6 Å². The largest absolute Gasteiger partial charge is 0.439 e. The summed E-state index contributed by atoms with van der Waals surface area (Å²) in [5.74, 6) is 1.06. The molecule has 1 amide bonds. The van der Waals surface area contributed by atoms with Crippen molar-refractivity contribution >= 4 is 5.91 Å². The number of aromatic nitrogens is 3. The van der Waals surface area contributed by atoms with Gasteiger partial charge in [-0.3, -0.25) is 9.48 Å². The van der Waals surface area contributed by atoms with Gasteiger partial charge in [0, 0.05) is 37.5 Å². The number of carbonyl (C=O) groups excluding carboxylic acids is 1. The molecule has 6 nitrogen and oxygen atoms in total. The van der Waals surface area contributed by atoms with E-state index in [-0.39, 0.29) is 11.7 Å². The summed E-state index contributed by atoms with van der Waals surface area (Å²) in [5, 5.41) is 7.56. The molecule has 0 saturated carbocycles. The Bertz CT molecular complexity index is 1030. The molecule has 2 aromatic heterocycles. The second kappa shape index (κ2) is 10.2. The maximum absolute atomic E-state index is 13.0. The Morgan fingerprint density at radius 2 is 1.94 bits per heavy atom. The molecule has 7 heteroatoms. The summed E-state index contributed by atoms with van der Waals surface area (Å²) in [5.41, 5.74) is 4.14. The molecule has 0 saturated heterocycles. The van der Waals surface area contributed by atoms with Crippen LogP contribution in [0.5, 0.6) is 11.6 Å². The van der Waals surface area contributed by atoms with E-state index >= 15 is 0 Å². The van der Waals surface area contributed by atoms with Gasteiger partial charge in [0.15, 0.2) is 0 Å². The van der Waals surface area contributed by atoms with Crippen LogP contribution in [0, 0.1) is 25.6 Å². The fourth-order valence-electron chi connectivity index (χ4n) is 3.39. The summed E-state index contributed by atoms with van der Waals surface area (Å²) in [6, 6.07) is 9.32. The molecule has 0 aliphatic carbocycles. The van der Waals surface area contributed by atoms with Crippen molar-refractivity contribution in [2.24, 2.45) is 5.92 Å². The van der Waals surface area contributed by atoms with Crippen molar-refractivity contribution < 1.29 is 13.9 Å². The SMILES string of the molecule is Cc1nn(CC(C)C)c(C)c1CCC(=O)NCc1ccnc(Oc2ccc(F)cc2)c1. The molecule has 0 aliphatic rings. The van der Waals surface area contributed by atoms with Crippen LogP contribution in [-0.4, -0.2) is 20.7 Å². The lowest BCUT2D eigenvalue weighted by Crippen LogP contribution is -2.23. The van der Waals surface area contributed by atoms with Crippen LogP contribution < -0.4 is 10.1 Å². The van der Waals surface area contributed by atoms with Crippen molar-refractivity contribution in [1.29, 1.82) is 0 Å². The first-order chi connectivity index (χ1) is 14.8. The van der Waals surface area contributed by atoms with Crippen LogP contribution in [0.25, 0.3) is 0 Å². The summed E-state index contributed by atoms with van der Waals surface area (Å²) in [4.78, 5) is 16.5. The number of hydrogen-bond acceptors (Lipinski definition) is 4. The minimum absolute atomic E-state index is 0.0202. The summed E-state index contributed by atoms with van der Waals surface area (Å²) in [6.45, 7) is 9.65. The third kappa shape index (κ3) is 6.38. The van der Waals surface area contributed by atoms with Crippen molar-refractivity contribution in [3.8, 4) is 11.6 Å². The van der Waals surface area contributed by atoms with E-state index in [0.29, 0.717) is 36.9 Å². The molecule has 0 spiro atoms. The maximum atomic E-state index is 13.0. The van der Waals surface area contributed by atoms with Gasteiger partial charge in [0.2, 0.25) is 11.8 Å². The summed E-state index contributed by atoms with van der Waals surface area (Å²) < 4.78 is 20.7. The van der Waals surface area contributed by atoms with E-state index in [9.17, 15) is 9.18 Å². The number of hydrogen-bond donors (Lipinski definition) is 1. The number of nitrogens with one attached hydrogen (secondary N) is 1. The Morgan fingerprint density at radius 3 is 2.65 bits per heavy atom. The Balaban J connectivity index is 1.52. The average molecular weight is 425 g/mol. The van der Waals surface area contributed by atoms with Crippen LogP contribution in [0.2, 0.25) is 0 Å². The van der Waals surface area contributed by atoms with Crippen LogP contribution in [0.4, 0.5) is 4.39 Å². The highest BCUT2D eigenvalue weighted by Gasteiger charge is 2.14. The van der Waals surface area contributed by atoms with Gasteiger partial charge in [-0.1, -0.05) is 13.8 Å². The number of nitrogens with zero attached hydrogens (tertiary/aromatic N) is 3. The fourth-order valence-corrected chi connectivity index (χ4v) is 3.39. The van der Waals surface area contributed by atoms with Crippen molar-refractivity contribution in [3.63, 3.8) is 0 Å². The second-order valence-electron chi connectivity index (χ2n) is 8.06. The lowest BCUT2D eigenvalue weighted by molar-refractivity contribution is -0.121. The predicted molar refractivity (Wildman–Crippen MR) is 117 cm³/mol. The molecule has 0 fully saturated rings. The molecule has 0 aliphatic heterocycles. The summed E-state index contributed by atoms with van der Waals surface area (Å²) in [7, 11) is 0. The topological polar surface area (TPSA) is 69.0 Å². The van der Waals surface area contributed by atoms with Gasteiger partial charge in [-0.15, -0.1) is 0 Å². The lowest BCUT2D eigenvalue weighted by Gasteiger charge is -2.09. The third-order valence-electron chi connectivity index (χ3n) is 5.00. The number of carbonyl (C=O) groups is 1. The van der Waals surface area contributed by atoms with E-state index in [1.165, 1.54) is 12.1 Å². The van der Waals surface area contributed by atoms with Crippen LogP contribution in [0.3, 0.4) is 0 Å². The van der Waals surface area contributed by atoms with Gasteiger partial charge in [0.25, 0.3) is 0 Å². The van der Waals surface area contributed by atoms with Crippen LogP contribution in [0.1, 0.15) is 42.8 Å². The fraction of sp³-hybridized carbons (Fsp3) is 0.375. The van der Waals surface area contributed by atoms with Gasteiger partial charge >= 0.3 is 0 Å². The zero-order valence-electron chi connectivity index (χ0n) is 18.5. The Hall–Kier alpha value is -3.22. The maximum Gasteiger partial charge on any atom is 0.220 e. The van der Waals surface area contributed by atoms with Crippen molar-refractivity contribution in [2.45, 2.75) is 53.6 Å². The molecule has 0 unspecified atom stereocenters. The minimum Gasteiger partial charge on any atom is -0.439 e. The van der Waals surface area contributed by atoms with Crippen LogP contribution in [-0.2, 0) is 24.3 Å². The molecule has 0 radical (unpaired) electrons. The number of ether oxygens (including phenoxy) is 1. The molecule has 0 bridgehead atoms. The van der Waals surface area contributed by atoms with E-state index < -0.39 is 0 Å². The van der Waals surface area contributed by atoms with Crippen molar-refractivity contribution in [1.82, 2.24) is 20.1 Å². The molecule has 3 aromatic rings. The standard InChI is InChI=1S/C24H29FN4O2/c1-16(2)15-29-18(4)22(17(3)28-29)9-10-23(30)27-14-19-11-12-26-24(13-19)31-21-7-5-20(25)6-8-21/h5-8,11-13,16H,9-10,14-15H2,1-4H3,(H,27,30). The first-order valence-corrected chi connectivity index (χ1v) is 10.5. The summed E-state index contributed by atoms with van der Waals surface area (Å²) in [6.07, 6.45) is 2.69. The molecule has 0 atom stereocenters. The average Bonchev–Trinajstić information content (AvgIpc) is 2.99. The van der Waals surface area contributed by atoms with E-state index in [1.54, 1.807) is 24.4 Å². The van der Waals surface area contributed by atoms with E-state index in [2.05, 4.69) is 36.2 Å². The van der Waals surface area contributed by atoms with Gasteiger partial charge in [-0.25, -0.2) is 9.37 Å². The third-order valence-corrected chi connectivity index (χ3v) is 5.00. The second-order valence-corrected chi connectivity index (χ2v) is 8.06. The van der Waals surface area contributed by atoms with E-state index in [4.69, 9.17) is 4.74 Å². The van der Waals surface area contributed by atoms with Gasteiger partial charge < -0.3 is 10.1 Å². The number of halogens is 1. The Labute approximate surface area is 182 Å². The number of rotatable bonds is 9. The molecule has 2 heterocycles. The predicted octanol–water partition coefficient (Wildman–Crippen LogP) is 4.73.